The molecule has 0 aliphatic carbocycles. The van der Waals surface area contributed by atoms with Crippen LogP contribution in [0.1, 0.15) is 51.7 Å². The summed E-state index contributed by atoms with van der Waals surface area (Å²) in [5.41, 5.74) is 3.23. The molecule has 0 saturated carbocycles. The summed E-state index contributed by atoms with van der Waals surface area (Å²) in [7, 11) is 0. The number of Topliss-reactive ketones (excluding diaryl/α,β-unsaturated/α-hetero) is 2. The van der Waals surface area contributed by atoms with Gasteiger partial charge in [0, 0.05) is 31.3 Å². The normalized spacial score (nSPS) is 14.1. The summed E-state index contributed by atoms with van der Waals surface area (Å²) in [6, 6.07) is 5.90. The summed E-state index contributed by atoms with van der Waals surface area (Å²) in [5, 5.41) is 0. The van der Waals surface area contributed by atoms with Crippen molar-refractivity contribution >= 4 is 29.3 Å². The highest BCUT2D eigenvalue weighted by atomic mass is 16.5. The Hall–Kier alpha value is -2.73. The molecule has 0 saturated heterocycles. The second-order valence-corrected chi connectivity index (χ2v) is 7.70. The minimum Gasteiger partial charge on any atom is -0.457 e. The fraction of sp³-hybridized carbons (Fsp3) is 0.480. The van der Waals surface area contributed by atoms with Crippen molar-refractivity contribution in [2.45, 2.75) is 47.1 Å². The van der Waals surface area contributed by atoms with Crippen molar-refractivity contribution in [2.24, 2.45) is 5.92 Å². The number of carbonyl (C=O) groups is 3. The largest absolute Gasteiger partial charge is 0.457 e. The van der Waals surface area contributed by atoms with E-state index in [1.165, 1.54) is 0 Å². The monoisotopic (exact) mass is 427 g/mol. The molecule has 1 aromatic rings. The van der Waals surface area contributed by atoms with Gasteiger partial charge in [-0.05, 0) is 68.5 Å². The molecule has 1 aliphatic heterocycles. The van der Waals surface area contributed by atoms with E-state index >= 15 is 0 Å². The van der Waals surface area contributed by atoms with Crippen LogP contribution in [0.5, 0.6) is 0 Å². The highest BCUT2D eigenvalue weighted by Crippen LogP contribution is 2.25. The Morgan fingerprint density at radius 3 is 2.55 bits per heavy atom. The van der Waals surface area contributed by atoms with Crippen LogP contribution in [0.4, 0.5) is 5.69 Å². The number of rotatable bonds is 12. The van der Waals surface area contributed by atoms with Crippen LogP contribution in [0, 0.1) is 5.92 Å². The zero-order chi connectivity index (χ0) is 23.0. The van der Waals surface area contributed by atoms with Crippen molar-refractivity contribution in [3.8, 4) is 0 Å². The van der Waals surface area contributed by atoms with Crippen molar-refractivity contribution in [1.82, 2.24) is 0 Å². The van der Waals surface area contributed by atoms with Gasteiger partial charge in [-0.25, -0.2) is 4.79 Å². The van der Waals surface area contributed by atoms with E-state index in [1.807, 2.05) is 25.1 Å². The second kappa shape index (κ2) is 11.6. The minimum atomic E-state index is -0.641. The lowest BCUT2D eigenvalue weighted by molar-refractivity contribution is -0.142. The van der Waals surface area contributed by atoms with Gasteiger partial charge in [-0.2, -0.15) is 0 Å². The maximum Gasteiger partial charge on any atom is 0.342 e. The van der Waals surface area contributed by atoms with Gasteiger partial charge >= 0.3 is 5.97 Å². The Kier molecular flexibility index (Phi) is 9.19. The molecule has 168 valence electrons. The van der Waals surface area contributed by atoms with E-state index in [4.69, 9.17) is 9.47 Å². The van der Waals surface area contributed by atoms with Crippen LogP contribution in [-0.2, 0) is 30.5 Å². The van der Waals surface area contributed by atoms with Gasteiger partial charge in [0.25, 0.3) is 0 Å². The highest BCUT2D eigenvalue weighted by Gasteiger charge is 2.24. The van der Waals surface area contributed by atoms with Crippen molar-refractivity contribution in [2.75, 3.05) is 31.2 Å². The van der Waals surface area contributed by atoms with Gasteiger partial charge in [0.2, 0.25) is 0 Å². The van der Waals surface area contributed by atoms with Crippen LogP contribution in [0.15, 0.2) is 35.9 Å². The average molecular weight is 428 g/mol. The van der Waals surface area contributed by atoms with Crippen molar-refractivity contribution in [1.29, 1.82) is 0 Å². The quantitative estimate of drug-likeness (QED) is 0.216. The van der Waals surface area contributed by atoms with Crippen LogP contribution >= 0.6 is 0 Å². The SMILES string of the molecule is C=C(C)C(=O)C(CC)CCOCC(=O)C1=Cc2ccc(N(CC)CC)cc2COC1=O. The standard InChI is InChI=1S/C25H33NO5/c1-6-18(24(28)17(4)5)11-12-30-16-23(27)22-14-19-9-10-21(26(7-2)8-3)13-20(19)15-31-25(22)29/h9-10,13-14,18H,4,6-8,11-12,15-16H2,1-3,5H3. The molecule has 0 radical (unpaired) electrons. The lowest BCUT2D eigenvalue weighted by Gasteiger charge is -2.22. The molecule has 6 heteroatoms. The molecule has 2 rings (SSSR count). The van der Waals surface area contributed by atoms with Gasteiger partial charge in [0.15, 0.2) is 11.6 Å². The van der Waals surface area contributed by atoms with Crippen LogP contribution in [0.2, 0.25) is 0 Å². The van der Waals surface area contributed by atoms with Crippen LogP contribution in [0.3, 0.4) is 0 Å². The number of esters is 1. The number of nitrogens with zero attached hydrogens (tertiary/aromatic N) is 1. The lowest BCUT2D eigenvalue weighted by atomic mass is 9.94. The summed E-state index contributed by atoms with van der Waals surface area (Å²) < 4.78 is 10.8. The smallest absolute Gasteiger partial charge is 0.342 e. The minimum absolute atomic E-state index is 0.0145. The van der Waals surface area contributed by atoms with E-state index in [-0.39, 0.29) is 37.1 Å². The van der Waals surface area contributed by atoms with Gasteiger partial charge in [0.05, 0.1) is 0 Å². The van der Waals surface area contributed by atoms with Gasteiger partial charge in [-0.15, -0.1) is 0 Å². The molecule has 0 amide bonds. The Balaban J connectivity index is 2.04. The molecule has 1 aliphatic rings. The summed E-state index contributed by atoms with van der Waals surface area (Å²) in [4.78, 5) is 39.3. The number of hydrogen-bond donors (Lipinski definition) is 0. The van der Waals surface area contributed by atoms with Gasteiger partial charge in [-0.1, -0.05) is 19.6 Å². The predicted molar refractivity (Wildman–Crippen MR) is 122 cm³/mol. The molecule has 1 heterocycles. The molecule has 0 N–H and O–H groups in total. The first-order valence-electron chi connectivity index (χ1n) is 10.9. The predicted octanol–water partition coefficient (Wildman–Crippen LogP) is 4.12. The Morgan fingerprint density at radius 1 is 1.23 bits per heavy atom. The number of hydrogen-bond acceptors (Lipinski definition) is 6. The van der Waals surface area contributed by atoms with E-state index < -0.39 is 11.8 Å². The topological polar surface area (TPSA) is 72.9 Å². The highest BCUT2D eigenvalue weighted by molar-refractivity contribution is 6.21. The van der Waals surface area contributed by atoms with Crippen LogP contribution in [-0.4, -0.2) is 43.8 Å². The Labute approximate surface area is 184 Å². The van der Waals surface area contributed by atoms with Crippen LogP contribution < -0.4 is 4.90 Å². The first kappa shape index (κ1) is 24.5. The van der Waals surface area contributed by atoms with Crippen molar-refractivity contribution < 1.29 is 23.9 Å². The average Bonchev–Trinajstić information content (AvgIpc) is 2.93. The van der Waals surface area contributed by atoms with Gasteiger partial charge in [0.1, 0.15) is 18.8 Å². The molecular formula is C25H33NO5. The lowest BCUT2D eigenvalue weighted by Crippen LogP contribution is -2.22. The fourth-order valence-corrected chi connectivity index (χ4v) is 3.61. The number of ketones is 2. The number of benzene rings is 1. The Morgan fingerprint density at radius 2 is 1.94 bits per heavy atom. The van der Waals surface area contributed by atoms with Crippen molar-refractivity contribution in [3.63, 3.8) is 0 Å². The van der Waals surface area contributed by atoms with E-state index in [2.05, 4.69) is 25.3 Å². The van der Waals surface area contributed by atoms with E-state index in [0.717, 1.165) is 29.9 Å². The number of anilines is 1. The third-order valence-corrected chi connectivity index (χ3v) is 5.56. The molecule has 0 spiro atoms. The van der Waals surface area contributed by atoms with E-state index in [1.54, 1.807) is 13.0 Å². The number of cyclic esters (lactones) is 1. The van der Waals surface area contributed by atoms with Gasteiger partial charge < -0.3 is 14.4 Å². The second-order valence-electron chi connectivity index (χ2n) is 7.70. The molecule has 1 unspecified atom stereocenters. The van der Waals surface area contributed by atoms with E-state index in [0.29, 0.717) is 18.4 Å². The third kappa shape index (κ3) is 6.37. The zero-order valence-corrected chi connectivity index (χ0v) is 19.0. The van der Waals surface area contributed by atoms with Crippen LogP contribution in [0.25, 0.3) is 6.08 Å². The first-order valence-corrected chi connectivity index (χ1v) is 10.9. The first-order chi connectivity index (χ1) is 14.8. The molecular weight excluding hydrogens is 394 g/mol. The fourth-order valence-electron chi connectivity index (χ4n) is 3.61. The number of carbonyl (C=O) groups excluding carboxylic acids is 3. The molecule has 31 heavy (non-hydrogen) atoms. The van der Waals surface area contributed by atoms with E-state index in [9.17, 15) is 14.4 Å². The number of allylic oxidation sites excluding steroid dienone is 1. The molecule has 1 atom stereocenters. The number of ether oxygens (including phenoxy) is 2. The van der Waals surface area contributed by atoms with Crippen molar-refractivity contribution in [3.05, 3.63) is 47.1 Å². The zero-order valence-electron chi connectivity index (χ0n) is 19.0. The van der Waals surface area contributed by atoms with Gasteiger partial charge in [-0.3, -0.25) is 9.59 Å². The molecule has 1 aromatic carbocycles. The third-order valence-electron chi connectivity index (χ3n) is 5.56. The summed E-state index contributed by atoms with van der Waals surface area (Å²) in [5.74, 6) is -1.21. The molecule has 6 nitrogen and oxygen atoms in total. The maximum absolute atomic E-state index is 12.6. The maximum atomic E-state index is 12.6. The molecule has 0 fully saturated rings. The molecule has 0 aromatic heterocycles. The molecule has 0 bridgehead atoms. The summed E-state index contributed by atoms with van der Waals surface area (Å²) >= 11 is 0. The Bertz CT molecular complexity index is 867. The number of fused-ring (bicyclic) bond motifs is 1. The summed E-state index contributed by atoms with van der Waals surface area (Å²) in [6.07, 6.45) is 2.78. The summed E-state index contributed by atoms with van der Waals surface area (Å²) in [6.45, 7) is 13.4.